The molecule has 1 aromatic rings. The van der Waals surface area contributed by atoms with Crippen molar-refractivity contribution in [3.63, 3.8) is 0 Å². The average Bonchev–Trinajstić information content (AvgIpc) is 2.47. The van der Waals surface area contributed by atoms with Gasteiger partial charge >= 0.3 is 12.1 Å². The zero-order valence-electron chi connectivity index (χ0n) is 11.3. The Morgan fingerprint density at radius 1 is 1.33 bits per heavy atom. The number of nitrogens with zero attached hydrogens (tertiary/aromatic N) is 1. The lowest BCUT2D eigenvalue weighted by Crippen LogP contribution is -2.51. The molecule has 1 aliphatic rings. The number of carboxylic acid groups (broad SMARTS) is 1. The van der Waals surface area contributed by atoms with Crippen LogP contribution in [0.4, 0.5) is 4.79 Å². The number of benzene rings is 1. The minimum absolute atomic E-state index is 0.0853. The van der Waals surface area contributed by atoms with E-state index in [9.17, 15) is 14.4 Å². The molecule has 0 radical (unpaired) electrons. The van der Waals surface area contributed by atoms with Crippen molar-refractivity contribution in [2.45, 2.75) is 12.5 Å². The normalized spacial score (nSPS) is 16.0. The molecule has 1 fully saturated rings. The molecule has 0 unspecified atom stereocenters. The Balaban J connectivity index is 1.97. The number of aliphatic carboxylic acids is 1. The van der Waals surface area contributed by atoms with Gasteiger partial charge in [-0.25, -0.2) is 9.59 Å². The molecule has 1 aliphatic heterocycles. The zero-order valence-corrected chi connectivity index (χ0v) is 11.3. The second kappa shape index (κ2) is 6.74. The third kappa shape index (κ3) is 4.20. The van der Waals surface area contributed by atoms with Gasteiger partial charge < -0.3 is 15.2 Å². The van der Waals surface area contributed by atoms with Crippen molar-refractivity contribution in [1.82, 2.24) is 10.2 Å². The van der Waals surface area contributed by atoms with Crippen molar-refractivity contribution >= 4 is 18.0 Å². The van der Waals surface area contributed by atoms with Crippen molar-refractivity contribution in [3.8, 4) is 0 Å². The van der Waals surface area contributed by atoms with Crippen molar-refractivity contribution in [2.24, 2.45) is 0 Å². The number of carboxylic acids is 1. The van der Waals surface area contributed by atoms with Crippen LogP contribution in [0.2, 0.25) is 0 Å². The van der Waals surface area contributed by atoms with Crippen molar-refractivity contribution < 1.29 is 24.2 Å². The maximum Gasteiger partial charge on any atom is 0.411 e. The van der Waals surface area contributed by atoms with Gasteiger partial charge in [-0.2, -0.15) is 0 Å². The Morgan fingerprint density at radius 3 is 2.67 bits per heavy atom. The highest BCUT2D eigenvalue weighted by Gasteiger charge is 2.28. The minimum Gasteiger partial charge on any atom is -0.478 e. The number of ether oxygens (including phenoxy) is 1. The quantitative estimate of drug-likeness (QED) is 0.829. The van der Waals surface area contributed by atoms with Crippen LogP contribution in [0.15, 0.2) is 30.3 Å². The van der Waals surface area contributed by atoms with Crippen LogP contribution in [0, 0.1) is 0 Å². The van der Waals surface area contributed by atoms with E-state index in [0.717, 1.165) is 5.56 Å². The van der Waals surface area contributed by atoms with E-state index < -0.39 is 18.2 Å². The van der Waals surface area contributed by atoms with Gasteiger partial charge in [0, 0.05) is 19.5 Å². The Kier molecular flexibility index (Phi) is 4.76. The smallest absolute Gasteiger partial charge is 0.411 e. The predicted molar refractivity (Wildman–Crippen MR) is 72.6 cm³/mol. The van der Waals surface area contributed by atoms with Crippen LogP contribution in [-0.2, 0) is 20.7 Å². The van der Waals surface area contributed by atoms with E-state index in [1.165, 1.54) is 4.90 Å². The Bertz CT molecular complexity index is 531. The van der Waals surface area contributed by atoms with Crippen LogP contribution in [-0.4, -0.2) is 53.7 Å². The molecule has 0 bridgehead atoms. The first-order valence-electron chi connectivity index (χ1n) is 6.55. The van der Waals surface area contributed by atoms with Crippen molar-refractivity contribution in [1.29, 1.82) is 0 Å². The summed E-state index contributed by atoms with van der Waals surface area (Å²) in [6.45, 7) is 0.531. The number of piperazine rings is 1. The molecule has 7 heteroatoms. The van der Waals surface area contributed by atoms with Crippen LogP contribution < -0.4 is 5.32 Å². The fraction of sp³-hybridized carbons (Fsp3) is 0.357. The Hall–Kier alpha value is -2.57. The average molecular weight is 292 g/mol. The molecular weight excluding hydrogens is 276 g/mol. The molecule has 0 saturated carbocycles. The lowest BCUT2D eigenvalue weighted by Gasteiger charge is -2.27. The summed E-state index contributed by atoms with van der Waals surface area (Å²) < 4.78 is 5.01. The van der Waals surface area contributed by atoms with Crippen LogP contribution >= 0.6 is 0 Å². The first-order chi connectivity index (χ1) is 10.1. The van der Waals surface area contributed by atoms with Gasteiger partial charge in [0.2, 0.25) is 12.0 Å². The number of rotatable bonds is 4. The molecular formula is C14H16N2O5. The van der Waals surface area contributed by atoms with E-state index in [4.69, 9.17) is 9.84 Å². The number of hydrogen-bond acceptors (Lipinski definition) is 4. The summed E-state index contributed by atoms with van der Waals surface area (Å²) >= 11 is 0. The van der Waals surface area contributed by atoms with E-state index >= 15 is 0 Å². The maximum atomic E-state index is 11.9. The molecule has 1 atom stereocenters. The van der Waals surface area contributed by atoms with E-state index in [1.54, 1.807) is 24.3 Å². The lowest BCUT2D eigenvalue weighted by molar-refractivity contribution is -0.147. The standard InChI is InChI=1S/C14H16N2O5/c17-12-9-16(7-6-15-12)14(20)21-11(13(18)19)8-10-4-2-1-3-5-10/h1-5,11H,6-9H2,(H,15,17)(H,18,19)/t11-/m0/s1. The molecule has 21 heavy (non-hydrogen) atoms. The Morgan fingerprint density at radius 2 is 2.05 bits per heavy atom. The largest absolute Gasteiger partial charge is 0.478 e. The fourth-order valence-electron chi connectivity index (χ4n) is 2.00. The second-order valence-corrected chi connectivity index (χ2v) is 4.67. The van der Waals surface area contributed by atoms with E-state index in [2.05, 4.69) is 5.32 Å². The summed E-state index contributed by atoms with van der Waals surface area (Å²) in [5.41, 5.74) is 0.758. The molecule has 2 rings (SSSR count). The highest BCUT2D eigenvalue weighted by molar-refractivity contribution is 5.84. The van der Waals surface area contributed by atoms with Crippen molar-refractivity contribution in [3.05, 3.63) is 35.9 Å². The molecule has 112 valence electrons. The van der Waals surface area contributed by atoms with Gasteiger partial charge in [0.25, 0.3) is 0 Å². The van der Waals surface area contributed by atoms with Gasteiger partial charge in [0.15, 0.2) is 0 Å². The van der Waals surface area contributed by atoms with Gasteiger partial charge in [-0.15, -0.1) is 0 Å². The van der Waals surface area contributed by atoms with Crippen LogP contribution in [0.3, 0.4) is 0 Å². The summed E-state index contributed by atoms with van der Waals surface area (Å²) in [5, 5.41) is 11.7. The van der Waals surface area contributed by atoms with Gasteiger partial charge in [0.05, 0.1) is 0 Å². The van der Waals surface area contributed by atoms with E-state index in [0.29, 0.717) is 13.1 Å². The highest BCUT2D eigenvalue weighted by Crippen LogP contribution is 2.09. The number of amides is 2. The third-order valence-electron chi connectivity index (χ3n) is 3.08. The van der Waals surface area contributed by atoms with Crippen LogP contribution in [0.1, 0.15) is 5.56 Å². The molecule has 0 aromatic heterocycles. The Labute approximate surface area is 121 Å². The number of nitrogens with one attached hydrogen (secondary N) is 1. The molecule has 1 heterocycles. The first kappa shape index (κ1) is 14.8. The van der Waals surface area contributed by atoms with Crippen LogP contribution in [0.25, 0.3) is 0 Å². The summed E-state index contributed by atoms with van der Waals surface area (Å²) in [5.74, 6) is -1.50. The summed E-state index contributed by atoms with van der Waals surface area (Å²) in [6, 6.07) is 8.91. The molecule has 2 amide bonds. The number of carbonyl (C=O) groups excluding carboxylic acids is 2. The lowest BCUT2D eigenvalue weighted by atomic mass is 10.1. The summed E-state index contributed by atoms with van der Waals surface area (Å²) in [6.07, 6.45) is -1.97. The minimum atomic E-state index is -1.27. The van der Waals surface area contributed by atoms with E-state index in [1.807, 2.05) is 6.07 Å². The van der Waals surface area contributed by atoms with Gasteiger partial charge in [-0.3, -0.25) is 9.69 Å². The topological polar surface area (TPSA) is 95.9 Å². The SMILES string of the molecule is O=C1CN(C(=O)O[C@@H](Cc2ccccc2)C(=O)O)CCN1. The summed E-state index contributed by atoms with van der Waals surface area (Å²) in [7, 11) is 0. The van der Waals surface area contributed by atoms with Gasteiger partial charge in [-0.05, 0) is 5.56 Å². The predicted octanol–water partition coefficient (Wildman–Crippen LogP) is 0.251. The monoisotopic (exact) mass is 292 g/mol. The second-order valence-electron chi connectivity index (χ2n) is 4.67. The molecule has 2 N–H and O–H groups in total. The van der Waals surface area contributed by atoms with Crippen LogP contribution in [0.5, 0.6) is 0 Å². The van der Waals surface area contributed by atoms with Gasteiger partial charge in [0.1, 0.15) is 6.54 Å². The molecule has 1 aromatic carbocycles. The molecule has 1 saturated heterocycles. The highest BCUT2D eigenvalue weighted by atomic mass is 16.6. The summed E-state index contributed by atoms with van der Waals surface area (Å²) in [4.78, 5) is 35.5. The maximum absolute atomic E-state index is 11.9. The first-order valence-corrected chi connectivity index (χ1v) is 6.55. The third-order valence-corrected chi connectivity index (χ3v) is 3.08. The van der Waals surface area contributed by atoms with Gasteiger partial charge in [-0.1, -0.05) is 30.3 Å². The number of carbonyl (C=O) groups is 3. The zero-order chi connectivity index (χ0) is 15.2. The molecule has 0 spiro atoms. The molecule has 7 nitrogen and oxygen atoms in total. The number of hydrogen-bond donors (Lipinski definition) is 2. The molecule has 0 aliphatic carbocycles. The van der Waals surface area contributed by atoms with Crippen molar-refractivity contribution in [2.75, 3.05) is 19.6 Å². The van der Waals surface area contributed by atoms with E-state index in [-0.39, 0.29) is 18.9 Å². The fourth-order valence-corrected chi connectivity index (χ4v) is 2.00.